The van der Waals surface area contributed by atoms with Crippen LogP contribution in [0.4, 0.5) is 5.69 Å². The number of carbonyl (C=O) groups is 1. The lowest BCUT2D eigenvalue weighted by molar-refractivity contribution is -0.138. The predicted molar refractivity (Wildman–Crippen MR) is 104 cm³/mol. The van der Waals surface area contributed by atoms with E-state index in [0.29, 0.717) is 17.9 Å². The molecular formula is C20H20ClN3O2. The van der Waals surface area contributed by atoms with E-state index in [0.717, 1.165) is 16.8 Å². The Morgan fingerprint density at radius 2 is 1.81 bits per heavy atom. The molecule has 5 nitrogen and oxygen atoms in total. The fourth-order valence-corrected chi connectivity index (χ4v) is 3.08. The summed E-state index contributed by atoms with van der Waals surface area (Å²) in [5.74, 6) is -1.16. The average Bonchev–Trinajstić information content (AvgIpc) is 3.02. The number of benzene rings is 2. The zero-order valence-corrected chi connectivity index (χ0v) is 15.4. The molecule has 0 amide bonds. The Morgan fingerprint density at radius 3 is 2.38 bits per heavy atom. The fraction of sp³-hybridized carbons (Fsp3) is 0.200. The number of imidazole rings is 1. The highest BCUT2D eigenvalue weighted by Crippen LogP contribution is 2.30. The highest BCUT2D eigenvalue weighted by molar-refractivity contribution is 6.30. The van der Waals surface area contributed by atoms with Crippen molar-refractivity contribution in [3.05, 3.63) is 71.0 Å². The van der Waals surface area contributed by atoms with Crippen molar-refractivity contribution in [3.8, 4) is 11.4 Å². The lowest BCUT2D eigenvalue weighted by Crippen LogP contribution is -2.15. The van der Waals surface area contributed by atoms with Gasteiger partial charge in [0.1, 0.15) is 11.7 Å². The maximum absolute atomic E-state index is 11.8. The molecule has 3 aromatic rings. The number of aromatic nitrogens is 2. The molecule has 1 aromatic heterocycles. The molecule has 0 spiro atoms. The maximum atomic E-state index is 11.8. The number of hydrogen-bond acceptors (Lipinski definition) is 3. The molecule has 0 aliphatic heterocycles. The summed E-state index contributed by atoms with van der Waals surface area (Å²) in [6, 6.07) is 17.3. The van der Waals surface area contributed by atoms with Crippen LogP contribution in [0.1, 0.15) is 17.2 Å². The number of carboxylic acids is 1. The van der Waals surface area contributed by atoms with Crippen molar-refractivity contribution in [2.75, 3.05) is 19.0 Å². The highest BCUT2D eigenvalue weighted by atomic mass is 35.5. The molecule has 6 heteroatoms. The molecule has 1 unspecified atom stereocenters. The van der Waals surface area contributed by atoms with Crippen LogP contribution in [0.15, 0.2) is 54.6 Å². The van der Waals surface area contributed by atoms with Crippen LogP contribution in [0.3, 0.4) is 0 Å². The number of nitrogens with zero attached hydrogens (tertiary/aromatic N) is 2. The van der Waals surface area contributed by atoms with Gasteiger partial charge in [-0.1, -0.05) is 41.9 Å². The molecule has 2 aromatic carbocycles. The van der Waals surface area contributed by atoms with Gasteiger partial charge in [0.2, 0.25) is 0 Å². The zero-order chi connectivity index (χ0) is 18.7. The van der Waals surface area contributed by atoms with Gasteiger partial charge in [0.25, 0.3) is 0 Å². The monoisotopic (exact) mass is 369 g/mol. The number of hydrogen-bond donors (Lipinski definition) is 2. The van der Waals surface area contributed by atoms with Crippen LogP contribution in [-0.4, -0.2) is 35.1 Å². The van der Waals surface area contributed by atoms with Crippen LogP contribution in [0, 0.1) is 0 Å². The van der Waals surface area contributed by atoms with Crippen molar-refractivity contribution in [2.24, 2.45) is 0 Å². The number of nitrogens with one attached hydrogen (secondary N) is 1. The number of aromatic amines is 1. The number of aliphatic carboxylic acids is 1. The SMILES string of the molecule is CN(C)c1ccc(-c2nc(Cl)c(C(Cc3ccccc3)C(=O)O)[nH]2)cc1. The Bertz CT molecular complexity index is 889. The summed E-state index contributed by atoms with van der Waals surface area (Å²) in [5.41, 5.74) is 3.28. The summed E-state index contributed by atoms with van der Waals surface area (Å²) in [6.45, 7) is 0. The van der Waals surface area contributed by atoms with Gasteiger partial charge in [-0.2, -0.15) is 0 Å². The third-order valence-corrected chi connectivity index (χ3v) is 4.56. The second-order valence-electron chi connectivity index (χ2n) is 6.31. The molecule has 0 radical (unpaired) electrons. The van der Waals surface area contributed by atoms with Crippen LogP contribution in [-0.2, 0) is 11.2 Å². The fourth-order valence-electron chi connectivity index (χ4n) is 2.81. The van der Waals surface area contributed by atoms with E-state index >= 15 is 0 Å². The average molecular weight is 370 g/mol. The number of H-pyrrole nitrogens is 1. The van der Waals surface area contributed by atoms with Crippen molar-refractivity contribution < 1.29 is 9.90 Å². The predicted octanol–water partition coefficient (Wildman–Crippen LogP) is 4.21. The van der Waals surface area contributed by atoms with Gasteiger partial charge < -0.3 is 15.0 Å². The normalized spacial score (nSPS) is 12.0. The minimum absolute atomic E-state index is 0.194. The van der Waals surface area contributed by atoms with Gasteiger partial charge in [-0.15, -0.1) is 0 Å². The van der Waals surface area contributed by atoms with Crippen LogP contribution < -0.4 is 4.90 Å². The molecule has 0 aliphatic rings. The Kier molecular flexibility index (Phi) is 5.28. The summed E-state index contributed by atoms with van der Waals surface area (Å²) < 4.78 is 0. The van der Waals surface area contributed by atoms with Crippen LogP contribution >= 0.6 is 11.6 Å². The highest BCUT2D eigenvalue weighted by Gasteiger charge is 2.26. The molecule has 0 saturated heterocycles. The van der Waals surface area contributed by atoms with E-state index in [2.05, 4.69) is 9.97 Å². The van der Waals surface area contributed by atoms with Crippen LogP contribution in [0.25, 0.3) is 11.4 Å². The van der Waals surface area contributed by atoms with E-state index in [-0.39, 0.29) is 5.15 Å². The molecule has 0 fully saturated rings. The Labute approximate surface area is 157 Å². The minimum atomic E-state index is -0.936. The van der Waals surface area contributed by atoms with Gasteiger partial charge in [0.15, 0.2) is 5.15 Å². The molecule has 0 saturated carbocycles. The summed E-state index contributed by atoms with van der Waals surface area (Å²) in [6.07, 6.45) is 0.344. The first-order valence-electron chi connectivity index (χ1n) is 8.25. The molecule has 3 rings (SSSR count). The lowest BCUT2D eigenvalue weighted by atomic mass is 9.97. The van der Waals surface area contributed by atoms with Crippen molar-refractivity contribution >= 4 is 23.3 Å². The molecule has 134 valence electrons. The van der Waals surface area contributed by atoms with Crippen LogP contribution in [0.5, 0.6) is 0 Å². The first-order valence-corrected chi connectivity index (χ1v) is 8.63. The maximum Gasteiger partial charge on any atom is 0.312 e. The number of anilines is 1. The van der Waals surface area contributed by atoms with Gasteiger partial charge >= 0.3 is 5.97 Å². The van der Waals surface area contributed by atoms with Crippen molar-refractivity contribution in [3.63, 3.8) is 0 Å². The smallest absolute Gasteiger partial charge is 0.312 e. The summed E-state index contributed by atoms with van der Waals surface area (Å²) in [4.78, 5) is 21.3. The van der Waals surface area contributed by atoms with Gasteiger partial charge in [-0.25, -0.2) is 4.98 Å². The van der Waals surface area contributed by atoms with Gasteiger partial charge in [0.05, 0.1) is 5.69 Å². The second kappa shape index (κ2) is 7.62. The van der Waals surface area contributed by atoms with Gasteiger partial charge in [-0.3, -0.25) is 4.79 Å². The molecule has 0 bridgehead atoms. The van der Waals surface area contributed by atoms with E-state index in [1.807, 2.05) is 73.6 Å². The molecule has 26 heavy (non-hydrogen) atoms. The lowest BCUT2D eigenvalue weighted by Gasteiger charge is -2.12. The zero-order valence-electron chi connectivity index (χ0n) is 14.6. The quantitative estimate of drug-likeness (QED) is 0.683. The largest absolute Gasteiger partial charge is 0.481 e. The molecule has 0 aliphatic carbocycles. The second-order valence-corrected chi connectivity index (χ2v) is 6.67. The van der Waals surface area contributed by atoms with E-state index in [1.165, 1.54) is 0 Å². The topological polar surface area (TPSA) is 69.2 Å². The number of carboxylic acid groups (broad SMARTS) is 1. The minimum Gasteiger partial charge on any atom is -0.481 e. The van der Waals surface area contributed by atoms with Crippen LogP contribution in [0.2, 0.25) is 5.15 Å². The van der Waals surface area contributed by atoms with E-state index < -0.39 is 11.9 Å². The third-order valence-electron chi connectivity index (χ3n) is 4.27. The van der Waals surface area contributed by atoms with Gasteiger partial charge in [-0.05, 0) is 36.2 Å². The summed E-state index contributed by atoms with van der Waals surface area (Å²) in [5, 5.41) is 9.87. The Balaban J connectivity index is 1.91. The molecule has 1 heterocycles. The summed E-state index contributed by atoms with van der Waals surface area (Å²) >= 11 is 6.27. The van der Waals surface area contributed by atoms with Crippen molar-refractivity contribution in [1.29, 1.82) is 0 Å². The van der Waals surface area contributed by atoms with Gasteiger partial charge in [0, 0.05) is 25.3 Å². The molecule has 2 N–H and O–H groups in total. The van der Waals surface area contributed by atoms with Crippen molar-refractivity contribution in [1.82, 2.24) is 9.97 Å². The first kappa shape index (κ1) is 18.0. The molecule has 1 atom stereocenters. The van der Waals surface area contributed by atoms with E-state index in [9.17, 15) is 9.90 Å². The van der Waals surface area contributed by atoms with E-state index in [4.69, 9.17) is 11.6 Å². The molecular weight excluding hydrogens is 350 g/mol. The Hall–Kier alpha value is -2.79. The third kappa shape index (κ3) is 3.89. The first-order chi connectivity index (χ1) is 12.5. The number of rotatable bonds is 6. The Morgan fingerprint density at radius 1 is 1.15 bits per heavy atom. The van der Waals surface area contributed by atoms with E-state index in [1.54, 1.807) is 0 Å². The summed E-state index contributed by atoms with van der Waals surface area (Å²) in [7, 11) is 3.94. The van der Waals surface area contributed by atoms with Crippen molar-refractivity contribution in [2.45, 2.75) is 12.3 Å². The number of halogens is 1. The standard InChI is InChI=1S/C20H20ClN3O2/c1-24(2)15-10-8-14(9-11-15)19-22-17(18(21)23-19)16(20(25)26)12-13-6-4-3-5-7-13/h3-11,16H,12H2,1-2H3,(H,22,23)(H,25,26).